The van der Waals surface area contributed by atoms with Gasteiger partial charge in [-0.1, -0.05) is 0 Å². The van der Waals surface area contributed by atoms with Gasteiger partial charge >= 0.3 is 0 Å². The van der Waals surface area contributed by atoms with Crippen molar-refractivity contribution in [2.45, 2.75) is 4.90 Å². The van der Waals surface area contributed by atoms with E-state index in [0.717, 1.165) is 8.04 Å². The highest BCUT2D eigenvalue weighted by Crippen LogP contribution is 2.27. The molecule has 0 bridgehead atoms. The molecule has 0 aliphatic rings. The Morgan fingerprint density at radius 2 is 2.18 bits per heavy atom. The first kappa shape index (κ1) is 9.80. The molecule has 0 atom stereocenters. The molecule has 1 aromatic rings. The SMILES string of the molecule is CSc1cc(Br)c(I)cc1F. The molecule has 4 heteroatoms. The molecule has 60 valence electrons. The molecule has 0 aliphatic heterocycles. The first-order valence-electron chi connectivity index (χ1n) is 2.83. The van der Waals surface area contributed by atoms with Crippen LogP contribution in [0.15, 0.2) is 21.5 Å². The van der Waals surface area contributed by atoms with Crippen molar-refractivity contribution in [2.75, 3.05) is 6.26 Å². The van der Waals surface area contributed by atoms with E-state index >= 15 is 0 Å². The molecule has 0 spiro atoms. The molecule has 0 aliphatic carbocycles. The van der Waals surface area contributed by atoms with E-state index in [2.05, 4.69) is 38.5 Å². The Morgan fingerprint density at radius 3 is 2.73 bits per heavy atom. The van der Waals surface area contributed by atoms with E-state index in [1.54, 1.807) is 6.07 Å². The summed E-state index contributed by atoms with van der Waals surface area (Å²) in [5, 5.41) is 0. The number of hydrogen-bond acceptors (Lipinski definition) is 1. The van der Waals surface area contributed by atoms with Crippen molar-refractivity contribution < 1.29 is 4.39 Å². The van der Waals surface area contributed by atoms with Crippen LogP contribution in [0.25, 0.3) is 0 Å². The molecule has 1 aromatic carbocycles. The third-order valence-electron chi connectivity index (χ3n) is 1.19. The van der Waals surface area contributed by atoms with Crippen LogP contribution in [0.4, 0.5) is 4.39 Å². The van der Waals surface area contributed by atoms with Gasteiger partial charge in [0.1, 0.15) is 5.82 Å². The molecule has 0 saturated heterocycles. The van der Waals surface area contributed by atoms with E-state index < -0.39 is 0 Å². The minimum absolute atomic E-state index is 0.148. The first-order valence-corrected chi connectivity index (χ1v) is 5.93. The second-order valence-corrected chi connectivity index (χ2v) is 4.77. The second-order valence-electron chi connectivity index (χ2n) is 1.90. The van der Waals surface area contributed by atoms with E-state index in [4.69, 9.17) is 0 Å². The summed E-state index contributed by atoms with van der Waals surface area (Å²) in [5.41, 5.74) is 0. The fourth-order valence-corrected chi connectivity index (χ4v) is 2.07. The van der Waals surface area contributed by atoms with Crippen molar-refractivity contribution in [1.82, 2.24) is 0 Å². The van der Waals surface area contributed by atoms with Gasteiger partial charge in [0.25, 0.3) is 0 Å². The van der Waals surface area contributed by atoms with Crippen LogP contribution < -0.4 is 0 Å². The third kappa shape index (κ3) is 2.32. The molecule has 0 unspecified atom stereocenters. The topological polar surface area (TPSA) is 0 Å². The zero-order valence-electron chi connectivity index (χ0n) is 5.70. The fourth-order valence-electron chi connectivity index (χ4n) is 0.661. The zero-order chi connectivity index (χ0) is 8.43. The van der Waals surface area contributed by atoms with Gasteiger partial charge in [-0.15, -0.1) is 11.8 Å². The highest BCUT2D eigenvalue weighted by atomic mass is 127. The number of benzene rings is 1. The molecule has 11 heavy (non-hydrogen) atoms. The van der Waals surface area contributed by atoms with Crippen LogP contribution in [-0.4, -0.2) is 6.26 Å². The van der Waals surface area contributed by atoms with Crippen molar-refractivity contribution in [3.05, 3.63) is 26.0 Å². The van der Waals surface area contributed by atoms with Crippen molar-refractivity contribution in [3.8, 4) is 0 Å². The summed E-state index contributed by atoms with van der Waals surface area (Å²) >= 11 is 6.83. The molecular formula is C7H5BrFIS. The minimum atomic E-state index is -0.148. The largest absolute Gasteiger partial charge is 0.206 e. The molecule has 0 fully saturated rings. The summed E-state index contributed by atoms with van der Waals surface area (Å²) < 4.78 is 14.8. The van der Waals surface area contributed by atoms with Crippen molar-refractivity contribution in [3.63, 3.8) is 0 Å². The van der Waals surface area contributed by atoms with E-state index in [9.17, 15) is 4.39 Å². The molecule has 0 amide bonds. The Balaban J connectivity index is 3.21. The average Bonchev–Trinajstić information content (AvgIpc) is 1.97. The molecule has 0 N–H and O–H groups in total. The van der Waals surface area contributed by atoms with Crippen molar-refractivity contribution >= 4 is 50.3 Å². The Kier molecular flexibility index (Phi) is 3.64. The van der Waals surface area contributed by atoms with E-state index in [-0.39, 0.29) is 5.82 Å². The number of rotatable bonds is 1. The first-order chi connectivity index (χ1) is 5.15. The van der Waals surface area contributed by atoms with Crippen LogP contribution in [0.2, 0.25) is 0 Å². The second kappa shape index (κ2) is 4.09. The highest BCUT2D eigenvalue weighted by Gasteiger charge is 2.04. The summed E-state index contributed by atoms with van der Waals surface area (Å²) in [6.45, 7) is 0. The summed E-state index contributed by atoms with van der Waals surface area (Å²) in [4.78, 5) is 0.678. The van der Waals surface area contributed by atoms with Crippen LogP contribution in [0.5, 0.6) is 0 Å². The van der Waals surface area contributed by atoms with Gasteiger partial charge in [-0.05, 0) is 56.9 Å². The maximum atomic E-state index is 13.0. The van der Waals surface area contributed by atoms with Crippen LogP contribution >= 0.6 is 50.3 Å². The molecule has 1 rings (SSSR count). The van der Waals surface area contributed by atoms with Crippen LogP contribution in [-0.2, 0) is 0 Å². The monoisotopic (exact) mass is 346 g/mol. The van der Waals surface area contributed by atoms with E-state index in [0.29, 0.717) is 4.90 Å². The zero-order valence-corrected chi connectivity index (χ0v) is 10.3. The third-order valence-corrected chi connectivity index (χ3v) is 4.24. The average molecular weight is 347 g/mol. The van der Waals surface area contributed by atoms with Crippen molar-refractivity contribution in [2.24, 2.45) is 0 Å². The Bertz CT molecular complexity index is 277. The highest BCUT2D eigenvalue weighted by molar-refractivity contribution is 14.1. The number of thioether (sulfide) groups is 1. The number of halogens is 3. The summed E-state index contributed by atoms with van der Waals surface area (Å²) in [7, 11) is 0. The van der Waals surface area contributed by atoms with Gasteiger partial charge in [0.05, 0.1) is 0 Å². The minimum Gasteiger partial charge on any atom is -0.206 e. The lowest BCUT2D eigenvalue weighted by atomic mass is 10.3. The van der Waals surface area contributed by atoms with E-state index in [1.165, 1.54) is 17.8 Å². The molecule has 0 nitrogen and oxygen atoms in total. The van der Waals surface area contributed by atoms with Gasteiger partial charge in [-0.3, -0.25) is 0 Å². The molecule has 0 saturated carbocycles. The van der Waals surface area contributed by atoms with Gasteiger partial charge in [0.15, 0.2) is 0 Å². The summed E-state index contributed by atoms with van der Waals surface area (Å²) in [6, 6.07) is 3.32. The summed E-state index contributed by atoms with van der Waals surface area (Å²) in [6.07, 6.45) is 1.86. The Morgan fingerprint density at radius 1 is 1.55 bits per heavy atom. The summed E-state index contributed by atoms with van der Waals surface area (Å²) in [5.74, 6) is -0.148. The lowest BCUT2D eigenvalue weighted by molar-refractivity contribution is 0.600. The van der Waals surface area contributed by atoms with Crippen LogP contribution in [0.3, 0.4) is 0 Å². The van der Waals surface area contributed by atoms with E-state index in [1.807, 2.05) is 6.26 Å². The maximum absolute atomic E-state index is 13.0. The smallest absolute Gasteiger partial charge is 0.137 e. The van der Waals surface area contributed by atoms with Gasteiger partial charge in [-0.2, -0.15) is 0 Å². The Hall–Kier alpha value is 0.710. The van der Waals surface area contributed by atoms with Crippen LogP contribution in [0.1, 0.15) is 0 Å². The number of hydrogen-bond donors (Lipinski definition) is 0. The maximum Gasteiger partial charge on any atom is 0.137 e. The predicted molar refractivity (Wildman–Crippen MR) is 58.6 cm³/mol. The quantitative estimate of drug-likeness (QED) is 0.422. The van der Waals surface area contributed by atoms with Crippen molar-refractivity contribution in [1.29, 1.82) is 0 Å². The van der Waals surface area contributed by atoms with Gasteiger partial charge < -0.3 is 0 Å². The molecule has 0 aromatic heterocycles. The normalized spacial score (nSPS) is 10.2. The van der Waals surface area contributed by atoms with Gasteiger partial charge in [0, 0.05) is 12.9 Å². The van der Waals surface area contributed by atoms with Gasteiger partial charge in [0.2, 0.25) is 0 Å². The molecule has 0 radical (unpaired) electrons. The standard InChI is InChI=1S/C7H5BrFIS/c1-11-7-2-4(8)6(10)3-5(7)9/h2-3H,1H3. The molecular weight excluding hydrogens is 342 g/mol. The lowest BCUT2D eigenvalue weighted by Crippen LogP contribution is -1.83. The lowest BCUT2D eigenvalue weighted by Gasteiger charge is -2.01. The fraction of sp³-hybridized carbons (Fsp3) is 0.143. The van der Waals surface area contributed by atoms with Crippen LogP contribution in [0, 0.1) is 9.39 Å². The molecule has 0 heterocycles. The predicted octanol–water partition coefficient (Wildman–Crippen LogP) is 3.91. The Labute approximate surface area is 91.2 Å². The van der Waals surface area contributed by atoms with Gasteiger partial charge in [-0.25, -0.2) is 4.39 Å².